The summed E-state index contributed by atoms with van der Waals surface area (Å²) < 4.78 is 11.0. The van der Waals surface area contributed by atoms with E-state index in [2.05, 4.69) is 23.3 Å². The summed E-state index contributed by atoms with van der Waals surface area (Å²) in [5, 5.41) is 16.4. The Kier molecular flexibility index (Phi) is 12.7. The van der Waals surface area contributed by atoms with E-state index >= 15 is 0 Å². The highest BCUT2D eigenvalue weighted by atomic mass is 127. The summed E-state index contributed by atoms with van der Waals surface area (Å²) in [5.74, 6) is 2.11. The fourth-order valence-corrected chi connectivity index (χ4v) is 3.25. The van der Waals surface area contributed by atoms with Gasteiger partial charge in [0.25, 0.3) is 0 Å². The average Bonchev–Trinajstić information content (AvgIpc) is 2.78. The minimum absolute atomic E-state index is 0. The monoisotopic (exact) mass is 539 g/mol. The van der Waals surface area contributed by atoms with E-state index in [1.165, 1.54) is 0 Å². The van der Waals surface area contributed by atoms with Gasteiger partial charge < -0.3 is 25.2 Å². The zero-order chi connectivity index (χ0) is 21.8. The molecule has 31 heavy (non-hydrogen) atoms. The number of guanidine groups is 1. The van der Waals surface area contributed by atoms with E-state index in [4.69, 9.17) is 14.5 Å². The Morgan fingerprint density at radius 2 is 1.90 bits per heavy atom. The Bertz CT molecular complexity index is 828. The van der Waals surface area contributed by atoms with Gasteiger partial charge in [0.1, 0.15) is 0 Å². The Morgan fingerprint density at radius 3 is 2.48 bits per heavy atom. The van der Waals surface area contributed by atoms with E-state index in [1.807, 2.05) is 49.4 Å². The van der Waals surface area contributed by atoms with Crippen molar-refractivity contribution in [2.24, 2.45) is 4.99 Å². The molecule has 0 saturated heterocycles. The van der Waals surface area contributed by atoms with Gasteiger partial charge in [0.15, 0.2) is 17.5 Å². The van der Waals surface area contributed by atoms with Crippen LogP contribution in [0.25, 0.3) is 0 Å². The van der Waals surface area contributed by atoms with Crippen molar-refractivity contribution in [1.82, 2.24) is 10.6 Å². The molecule has 0 aromatic heterocycles. The predicted octanol–water partition coefficient (Wildman–Crippen LogP) is 3.88. The third-order valence-electron chi connectivity index (χ3n) is 4.75. The van der Waals surface area contributed by atoms with Gasteiger partial charge in [0, 0.05) is 24.6 Å². The van der Waals surface area contributed by atoms with Crippen LogP contribution in [-0.2, 0) is 13.0 Å². The Balaban J connectivity index is 0.00000480. The Morgan fingerprint density at radius 1 is 1.16 bits per heavy atom. The van der Waals surface area contributed by atoms with Gasteiger partial charge in [0.2, 0.25) is 0 Å². The smallest absolute Gasteiger partial charge is 0.191 e. The molecule has 3 N–H and O–H groups in total. The zero-order valence-electron chi connectivity index (χ0n) is 18.6. The van der Waals surface area contributed by atoms with E-state index in [1.54, 1.807) is 14.2 Å². The molecule has 0 fully saturated rings. The molecule has 0 saturated carbocycles. The van der Waals surface area contributed by atoms with Crippen LogP contribution in [-0.4, -0.2) is 45.0 Å². The molecule has 0 aliphatic carbocycles. The lowest BCUT2D eigenvalue weighted by Gasteiger charge is -2.18. The molecular formula is C24H34IN3O3. The van der Waals surface area contributed by atoms with Crippen molar-refractivity contribution in [3.63, 3.8) is 0 Å². The lowest BCUT2D eigenvalue weighted by Crippen LogP contribution is -2.39. The van der Waals surface area contributed by atoms with Gasteiger partial charge in [-0.1, -0.05) is 36.4 Å². The van der Waals surface area contributed by atoms with Crippen molar-refractivity contribution < 1.29 is 14.6 Å². The molecule has 0 spiro atoms. The minimum atomic E-state index is -0.00432. The summed E-state index contributed by atoms with van der Waals surface area (Å²) in [6, 6.07) is 14.0. The van der Waals surface area contributed by atoms with Crippen LogP contribution in [0.15, 0.2) is 60.1 Å². The summed E-state index contributed by atoms with van der Waals surface area (Å²) in [7, 11) is 3.27. The van der Waals surface area contributed by atoms with Crippen LogP contribution in [0.4, 0.5) is 0 Å². The molecule has 0 radical (unpaired) electrons. The van der Waals surface area contributed by atoms with Crippen molar-refractivity contribution in [2.45, 2.75) is 25.8 Å². The van der Waals surface area contributed by atoms with Crippen LogP contribution in [0.3, 0.4) is 0 Å². The number of hydrogen-bond acceptors (Lipinski definition) is 4. The first kappa shape index (κ1) is 26.8. The van der Waals surface area contributed by atoms with Crippen LogP contribution in [0.1, 0.15) is 29.5 Å². The summed E-state index contributed by atoms with van der Waals surface area (Å²) in [6.07, 6.45) is 2.53. The molecule has 6 nitrogen and oxygen atoms in total. The second kappa shape index (κ2) is 14.7. The second-order valence-electron chi connectivity index (χ2n) is 6.85. The number of halogens is 1. The maximum atomic E-state index is 9.78. The summed E-state index contributed by atoms with van der Waals surface area (Å²) in [5.41, 5.74) is 3.13. The molecule has 0 amide bonds. The first-order valence-corrected chi connectivity index (χ1v) is 10.2. The molecule has 1 atom stereocenters. The zero-order valence-corrected chi connectivity index (χ0v) is 20.9. The maximum Gasteiger partial charge on any atom is 0.191 e. The number of nitrogens with one attached hydrogen (secondary N) is 2. The lowest BCUT2D eigenvalue weighted by atomic mass is 10.0. The molecule has 0 aliphatic rings. The Hall–Kier alpha value is -2.26. The lowest BCUT2D eigenvalue weighted by molar-refractivity contribution is 0.265. The van der Waals surface area contributed by atoms with Gasteiger partial charge in [-0.05, 0) is 36.6 Å². The van der Waals surface area contributed by atoms with Gasteiger partial charge >= 0.3 is 0 Å². The van der Waals surface area contributed by atoms with Crippen molar-refractivity contribution in [3.05, 3.63) is 71.8 Å². The highest BCUT2D eigenvalue weighted by Crippen LogP contribution is 2.33. The molecule has 2 aromatic carbocycles. The number of nitrogens with zero attached hydrogens (tertiary/aromatic N) is 1. The highest BCUT2D eigenvalue weighted by Gasteiger charge is 2.13. The topological polar surface area (TPSA) is 75.1 Å². The van der Waals surface area contributed by atoms with Crippen LogP contribution >= 0.6 is 24.0 Å². The van der Waals surface area contributed by atoms with E-state index in [0.717, 1.165) is 29.0 Å². The molecule has 0 heterocycles. The predicted molar refractivity (Wildman–Crippen MR) is 138 cm³/mol. The van der Waals surface area contributed by atoms with Gasteiger partial charge in [0.05, 0.1) is 27.4 Å². The minimum Gasteiger partial charge on any atom is -0.493 e. The number of ether oxygens (including phenoxy) is 2. The number of aliphatic hydroxyl groups excluding tert-OH is 1. The van der Waals surface area contributed by atoms with Crippen LogP contribution < -0.4 is 20.1 Å². The van der Waals surface area contributed by atoms with E-state index in [9.17, 15) is 5.11 Å². The van der Waals surface area contributed by atoms with Crippen molar-refractivity contribution >= 4 is 29.9 Å². The third-order valence-corrected chi connectivity index (χ3v) is 4.75. The molecule has 2 aromatic rings. The van der Waals surface area contributed by atoms with Gasteiger partial charge in [-0.2, -0.15) is 0 Å². The first-order valence-electron chi connectivity index (χ1n) is 10.2. The largest absolute Gasteiger partial charge is 0.493 e. The normalized spacial score (nSPS) is 11.8. The summed E-state index contributed by atoms with van der Waals surface area (Å²) >= 11 is 0. The number of hydrogen-bond donors (Lipinski definition) is 3. The fraction of sp³-hybridized carbons (Fsp3) is 0.375. The van der Waals surface area contributed by atoms with Crippen LogP contribution in [0, 0.1) is 0 Å². The Labute approximate surface area is 202 Å². The van der Waals surface area contributed by atoms with Crippen LogP contribution in [0.2, 0.25) is 0 Å². The van der Waals surface area contributed by atoms with E-state index < -0.39 is 0 Å². The molecular weight excluding hydrogens is 505 g/mol. The molecule has 0 bridgehead atoms. The quantitative estimate of drug-likeness (QED) is 0.175. The van der Waals surface area contributed by atoms with E-state index in [-0.39, 0.29) is 36.5 Å². The highest BCUT2D eigenvalue weighted by molar-refractivity contribution is 14.0. The van der Waals surface area contributed by atoms with E-state index in [0.29, 0.717) is 31.2 Å². The number of rotatable bonds is 11. The number of benzene rings is 2. The number of allylic oxidation sites excluding steroid dienone is 1. The van der Waals surface area contributed by atoms with Crippen molar-refractivity contribution in [3.8, 4) is 11.5 Å². The van der Waals surface area contributed by atoms with Gasteiger partial charge in [-0.15, -0.1) is 30.6 Å². The SMILES string of the molecule is C=CCc1cc(CN=C(NCC)NCC(CO)c2ccccc2)cc(OC)c1OC.I. The fourth-order valence-electron chi connectivity index (χ4n) is 3.25. The van der Waals surface area contributed by atoms with Gasteiger partial charge in [-0.25, -0.2) is 4.99 Å². The summed E-state index contributed by atoms with van der Waals surface area (Å²) in [4.78, 5) is 4.71. The molecule has 2 rings (SSSR count). The molecule has 0 aliphatic heterocycles. The van der Waals surface area contributed by atoms with Crippen molar-refractivity contribution in [1.29, 1.82) is 0 Å². The first-order chi connectivity index (χ1) is 14.7. The van der Waals surface area contributed by atoms with Gasteiger partial charge in [-0.3, -0.25) is 0 Å². The number of methoxy groups -OCH3 is 2. The summed E-state index contributed by atoms with van der Waals surface area (Å²) in [6.45, 7) is 7.72. The molecule has 170 valence electrons. The van der Waals surface area contributed by atoms with Crippen LogP contribution in [0.5, 0.6) is 11.5 Å². The average molecular weight is 539 g/mol. The molecule has 1 unspecified atom stereocenters. The number of aliphatic imine (C=N–C) groups is 1. The number of aliphatic hydroxyl groups is 1. The standard InChI is InChI=1S/C24H33N3O3.HI/c1-5-10-20-13-18(14-22(29-3)23(20)30-4)15-26-24(25-6-2)27-16-21(17-28)19-11-8-7-9-12-19;/h5,7-9,11-14,21,28H,1,6,10,15-17H2,2-4H3,(H2,25,26,27);1H. The third kappa shape index (κ3) is 8.06. The second-order valence-corrected chi connectivity index (χ2v) is 6.85. The maximum absolute atomic E-state index is 9.78. The van der Waals surface area contributed by atoms with Crippen molar-refractivity contribution in [2.75, 3.05) is 33.9 Å². The molecule has 7 heteroatoms.